The zero-order chi connectivity index (χ0) is 19.5. The summed E-state index contributed by atoms with van der Waals surface area (Å²) in [5.41, 5.74) is 0.307. The number of sulfonamides is 1. The third-order valence-electron chi connectivity index (χ3n) is 3.27. The van der Waals surface area contributed by atoms with Crippen molar-refractivity contribution in [2.75, 3.05) is 12.4 Å². The van der Waals surface area contributed by atoms with Crippen molar-refractivity contribution in [3.8, 4) is 5.75 Å². The molecule has 0 aliphatic heterocycles. The molecule has 0 bridgehead atoms. The minimum atomic E-state index is -4.21. The lowest BCUT2D eigenvalue weighted by molar-refractivity contribution is -0.117. The SMILES string of the molecule is COc1ccc(F)cc1S(=O)(=O)NC(C)C(=O)Nc1cc(Cl)cc(Cl)c1. The second-order valence-electron chi connectivity index (χ2n) is 5.29. The van der Waals surface area contributed by atoms with Crippen molar-refractivity contribution in [1.29, 1.82) is 0 Å². The molecule has 0 radical (unpaired) electrons. The third-order valence-corrected chi connectivity index (χ3v) is 5.27. The topological polar surface area (TPSA) is 84.5 Å². The van der Waals surface area contributed by atoms with E-state index in [1.807, 2.05) is 0 Å². The molecule has 10 heteroatoms. The van der Waals surface area contributed by atoms with Crippen LogP contribution in [0, 0.1) is 5.82 Å². The van der Waals surface area contributed by atoms with E-state index >= 15 is 0 Å². The van der Waals surface area contributed by atoms with Gasteiger partial charge in [-0.2, -0.15) is 4.72 Å². The molecule has 0 spiro atoms. The Labute approximate surface area is 160 Å². The molecule has 26 heavy (non-hydrogen) atoms. The van der Waals surface area contributed by atoms with Gasteiger partial charge in [0.15, 0.2) is 0 Å². The molecule has 0 saturated carbocycles. The molecule has 0 fully saturated rings. The largest absolute Gasteiger partial charge is 0.495 e. The molecule has 140 valence electrons. The molecule has 0 aromatic heterocycles. The third kappa shape index (κ3) is 5.07. The van der Waals surface area contributed by atoms with Crippen molar-refractivity contribution in [1.82, 2.24) is 4.72 Å². The number of hydrogen-bond acceptors (Lipinski definition) is 4. The van der Waals surface area contributed by atoms with Crippen LogP contribution in [0.5, 0.6) is 5.75 Å². The van der Waals surface area contributed by atoms with Crippen LogP contribution in [0.2, 0.25) is 10.0 Å². The highest BCUT2D eigenvalue weighted by Gasteiger charge is 2.25. The number of hydrogen-bond donors (Lipinski definition) is 2. The van der Waals surface area contributed by atoms with E-state index in [0.29, 0.717) is 15.7 Å². The van der Waals surface area contributed by atoms with E-state index in [1.165, 1.54) is 38.3 Å². The van der Waals surface area contributed by atoms with E-state index in [2.05, 4.69) is 10.0 Å². The maximum Gasteiger partial charge on any atom is 0.245 e. The van der Waals surface area contributed by atoms with Crippen molar-refractivity contribution in [3.63, 3.8) is 0 Å². The Morgan fingerprint density at radius 1 is 1.15 bits per heavy atom. The molecule has 1 amide bonds. The van der Waals surface area contributed by atoms with E-state index in [0.717, 1.165) is 12.1 Å². The summed E-state index contributed by atoms with van der Waals surface area (Å²) in [6.45, 7) is 1.34. The lowest BCUT2D eigenvalue weighted by atomic mass is 10.3. The predicted octanol–water partition coefficient (Wildman–Crippen LogP) is 3.45. The van der Waals surface area contributed by atoms with Crippen LogP contribution in [0.1, 0.15) is 6.92 Å². The minimum Gasteiger partial charge on any atom is -0.495 e. The van der Waals surface area contributed by atoms with Gasteiger partial charge in [0.05, 0.1) is 13.2 Å². The molecule has 2 N–H and O–H groups in total. The first-order valence-corrected chi connectivity index (χ1v) is 9.49. The molecule has 1 unspecified atom stereocenters. The Bertz CT molecular complexity index is 918. The molecule has 6 nitrogen and oxygen atoms in total. The quantitative estimate of drug-likeness (QED) is 0.749. The Hall–Kier alpha value is -1.87. The van der Waals surface area contributed by atoms with Gasteiger partial charge < -0.3 is 10.1 Å². The average molecular weight is 421 g/mol. The molecule has 1 atom stereocenters. The van der Waals surface area contributed by atoms with Crippen molar-refractivity contribution in [2.24, 2.45) is 0 Å². The van der Waals surface area contributed by atoms with Crippen LogP contribution in [0.3, 0.4) is 0 Å². The number of amides is 1. The average Bonchev–Trinajstić information content (AvgIpc) is 2.53. The molecule has 2 rings (SSSR count). The molecular formula is C16H15Cl2FN2O4S. The monoisotopic (exact) mass is 420 g/mol. The van der Waals surface area contributed by atoms with Gasteiger partial charge in [-0.3, -0.25) is 4.79 Å². The molecule has 0 aliphatic carbocycles. The summed E-state index contributed by atoms with van der Waals surface area (Å²) in [6, 6.07) is 6.30. The van der Waals surface area contributed by atoms with Crippen molar-refractivity contribution in [2.45, 2.75) is 17.9 Å². The zero-order valence-corrected chi connectivity index (χ0v) is 16.0. The summed E-state index contributed by atoms with van der Waals surface area (Å²) in [5, 5.41) is 3.12. The summed E-state index contributed by atoms with van der Waals surface area (Å²) in [5.74, 6) is -1.45. The van der Waals surface area contributed by atoms with Crippen molar-refractivity contribution in [3.05, 3.63) is 52.3 Å². The van der Waals surface area contributed by atoms with Crippen LogP contribution in [-0.4, -0.2) is 27.5 Å². The lowest BCUT2D eigenvalue weighted by Gasteiger charge is -2.16. The maximum absolute atomic E-state index is 13.4. The summed E-state index contributed by atoms with van der Waals surface area (Å²) < 4.78 is 45.4. The molecule has 0 aliphatic rings. The molecule has 2 aromatic rings. The van der Waals surface area contributed by atoms with Crippen LogP contribution >= 0.6 is 23.2 Å². The number of nitrogens with one attached hydrogen (secondary N) is 2. The fourth-order valence-electron chi connectivity index (χ4n) is 2.09. The van der Waals surface area contributed by atoms with Crippen LogP contribution in [0.25, 0.3) is 0 Å². The maximum atomic E-state index is 13.4. The highest BCUT2D eigenvalue weighted by Crippen LogP contribution is 2.25. The standard InChI is InChI=1S/C16H15Cl2FN2O4S/c1-9(16(22)20-13-6-10(17)5-11(18)7-13)21-26(23,24)15-8-12(19)3-4-14(15)25-2/h3-9,21H,1-2H3,(H,20,22). The number of methoxy groups -OCH3 is 1. The molecule has 2 aromatic carbocycles. The summed E-state index contributed by atoms with van der Waals surface area (Å²) >= 11 is 11.7. The van der Waals surface area contributed by atoms with E-state index in [-0.39, 0.29) is 5.75 Å². The van der Waals surface area contributed by atoms with Gasteiger partial charge in [0, 0.05) is 15.7 Å². The summed E-state index contributed by atoms with van der Waals surface area (Å²) in [4.78, 5) is 11.8. The van der Waals surface area contributed by atoms with Gasteiger partial charge in [0.25, 0.3) is 0 Å². The minimum absolute atomic E-state index is 0.0480. The fraction of sp³-hybridized carbons (Fsp3) is 0.188. The Morgan fingerprint density at radius 3 is 2.35 bits per heavy atom. The van der Waals surface area contributed by atoms with Crippen LogP contribution < -0.4 is 14.8 Å². The highest BCUT2D eigenvalue weighted by molar-refractivity contribution is 7.89. The van der Waals surface area contributed by atoms with Crippen molar-refractivity contribution < 1.29 is 22.3 Å². The van der Waals surface area contributed by atoms with Gasteiger partial charge in [-0.1, -0.05) is 23.2 Å². The van der Waals surface area contributed by atoms with Gasteiger partial charge in [-0.25, -0.2) is 12.8 Å². The highest BCUT2D eigenvalue weighted by atomic mass is 35.5. The lowest BCUT2D eigenvalue weighted by Crippen LogP contribution is -2.41. The molecular weight excluding hydrogens is 406 g/mol. The number of halogens is 3. The van der Waals surface area contributed by atoms with E-state index in [4.69, 9.17) is 27.9 Å². The second-order valence-corrected chi connectivity index (χ2v) is 7.84. The molecule has 0 saturated heterocycles. The number of carbonyl (C=O) groups is 1. The van der Waals surface area contributed by atoms with Crippen LogP contribution in [0.4, 0.5) is 10.1 Å². The summed E-state index contributed by atoms with van der Waals surface area (Å²) in [6.07, 6.45) is 0. The van der Waals surface area contributed by atoms with Gasteiger partial charge in [-0.15, -0.1) is 0 Å². The van der Waals surface area contributed by atoms with Crippen molar-refractivity contribution >= 4 is 44.8 Å². The second kappa shape index (κ2) is 8.22. The first-order chi connectivity index (χ1) is 12.1. The van der Waals surface area contributed by atoms with Gasteiger partial charge in [-0.05, 0) is 43.3 Å². The Morgan fingerprint density at radius 2 is 1.77 bits per heavy atom. The Balaban J connectivity index is 2.18. The van der Waals surface area contributed by atoms with Gasteiger partial charge in [0.1, 0.15) is 16.5 Å². The van der Waals surface area contributed by atoms with E-state index in [9.17, 15) is 17.6 Å². The van der Waals surface area contributed by atoms with Gasteiger partial charge >= 0.3 is 0 Å². The fourth-order valence-corrected chi connectivity index (χ4v) is 4.00. The zero-order valence-electron chi connectivity index (χ0n) is 13.7. The van der Waals surface area contributed by atoms with E-state index in [1.54, 1.807) is 0 Å². The normalized spacial score (nSPS) is 12.5. The number of benzene rings is 2. The predicted molar refractivity (Wildman–Crippen MR) is 97.8 cm³/mol. The summed E-state index contributed by atoms with van der Waals surface area (Å²) in [7, 11) is -2.95. The number of carbonyl (C=O) groups excluding carboxylic acids is 1. The first kappa shape index (κ1) is 20.4. The Kier molecular flexibility index (Phi) is 6.46. The number of anilines is 1. The van der Waals surface area contributed by atoms with Gasteiger partial charge in [0.2, 0.25) is 15.9 Å². The number of rotatable bonds is 6. The number of ether oxygens (including phenoxy) is 1. The van der Waals surface area contributed by atoms with Crippen LogP contribution in [0.15, 0.2) is 41.3 Å². The van der Waals surface area contributed by atoms with E-state index < -0.39 is 32.7 Å². The van der Waals surface area contributed by atoms with Crippen LogP contribution in [-0.2, 0) is 14.8 Å². The first-order valence-electron chi connectivity index (χ1n) is 7.25. The molecule has 0 heterocycles. The smallest absolute Gasteiger partial charge is 0.245 e.